The summed E-state index contributed by atoms with van der Waals surface area (Å²) < 4.78 is 18.0. The first-order chi connectivity index (χ1) is 12.2. The molecule has 0 N–H and O–H groups in total. The minimum Gasteiger partial charge on any atom is -0.502 e. The van der Waals surface area contributed by atoms with E-state index in [0.717, 1.165) is 32.3 Å². The van der Waals surface area contributed by atoms with Crippen LogP contribution in [0.4, 0.5) is 0 Å². The van der Waals surface area contributed by atoms with Crippen molar-refractivity contribution in [1.82, 2.24) is 0 Å². The van der Waals surface area contributed by atoms with E-state index in [9.17, 15) is 0 Å². The molecule has 0 radical (unpaired) electrons. The maximum atomic E-state index is 6.16. The lowest BCUT2D eigenvalue weighted by atomic mass is 9.87. The van der Waals surface area contributed by atoms with Crippen LogP contribution < -0.4 is 0 Å². The number of ether oxygens (including phenoxy) is 3. The molecule has 150 valence electrons. The molecular weight excluding hydrogens is 312 g/mol. The molecule has 25 heavy (non-hydrogen) atoms. The summed E-state index contributed by atoms with van der Waals surface area (Å²) in [5.41, 5.74) is 0. The second kappa shape index (κ2) is 16.9. The third kappa shape index (κ3) is 10.9. The standard InChI is InChI=1S/C22H44O3/c1-6-11-13-14-15-16-17-21(18-20-23-19-12-7-2)22(8-3,24-9-4)25-10-5/h12,19,21H,6-11,13-18,20H2,1-5H3. The van der Waals surface area contributed by atoms with Crippen LogP contribution >= 0.6 is 0 Å². The van der Waals surface area contributed by atoms with Gasteiger partial charge in [0, 0.05) is 19.1 Å². The van der Waals surface area contributed by atoms with Crippen LogP contribution in [0.1, 0.15) is 98.8 Å². The van der Waals surface area contributed by atoms with Crippen LogP contribution in [-0.4, -0.2) is 25.6 Å². The van der Waals surface area contributed by atoms with E-state index in [-0.39, 0.29) is 0 Å². The van der Waals surface area contributed by atoms with Gasteiger partial charge in [-0.25, -0.2) is 0 Å². The predicted octanol–water partition coefficient (Wildman–Crippen LogP) is 6.86. The van der Waals surface area contributed by atoms with Gasteiger partial charge in [0.15, 0.2) is 5.79 Å². The third-order valence-electron chi connectivity index (χ3n) is 4.81. The third-order valence-corrected chi connectivity index (χ3v) is 4.81. The highest BCUT2D eigenvalue weighted by atomic mass is 16.7. The largest absolute Gasteiger partial charge is 0.502 e. The Labute approximate surface area is 157 Å². The second-order valence-electron chi connectivity index (χ2n) is 6.72. The van der Waals surface area contributed by atoms with Crippen molar-refractivity contribution in [3.05, 3.63) is 12.3 Å². The first-order valence-corrected chi connectivity index (χ1v) is 10.7. The Hall–Kier alpha value is -0.540. The number of hydrogen-bond acceptors (Lipinski definition) is 3. The minimum absolute atomic E-state index is 0.388. The van der Waals surface area contributed by atoms with Gasteiger partial charge in [0.2, 0.25) is 0 Å². The van der Waals surface area contributed by atoms with Crippen molar-refractivity contribution in [3.8, 4) is 0 Å². The van der Waals surface area contributed by atoms with Crippen molar-refractivity contribution in [2.75, 3.05) is 19.8 Å². The summed E-state index contributed by atoms with van der Waals surface area (Å²) in [5.74, 6) is -0.0660. The van der Waals surface area contributed by atoms with Gasteiger partial charge < -0.3 is 14.2 Å². The van der Waals surface area contributed by atoms with Gasteiger partial charge in [-0.15, -0.1) is 0 Å². The fraction of sp³-hybridized carbons (Fsp3) is 0.909. The van der Waals surface area contributed by atoms with Gasteiger partial charge in [-0.05, 0) is 39.5 Å². The quantitative estimate of drug-likeness (QED) is 0.152. The normalized spacial score (nSPS) is 13.5. The van der Waals surface area contributed by atoms with E-state index in [1.165, 1.54) is 38.5 Å². The Balaban J connectivity index is 4.67. The molecule has 0 rings (SSSR count). The molecule has 1 unspecified atom stereocenters. The molecule has 1 atom stereocenters. The van der Waals surface area contributed by atoms with Crippen LogP contribution in [0.2, 0.25) is 0 Å². The summed E-state index contributed by atoms with van der Waals surface area (Å²) in [6.07, 6.45) is 15.9. The van der Waals surface area contributed by atoms with Gasteiger partial charge in [-0.2, -0.15) is 0 Å². The van der Waals surface area contributed by atoms with E-state index >= 15 is 0 Å². The highest BCUT2D eigenvalue weighted by Gasteiger charge is 2.38. The molecule has 0 aromatic carbocycles. The molecule has 3 nitrogen and oxygen atoms in total. The Morgan fingerprint density at radius 3 is 2.00 bits per heavy atom. The molecule has 0 bridgehead atoms. The van der Waals surface area contributed by atoms with E-state index in [1.807, 2.05) is 6.26 Å². The lowest BCUT2D eigenvalue weighted by Crippen LogP contribution is -2.44. The Bertz CT molecular complexity index is 296. The van der Waals surface area contributed by atoms with Gasteiger partial charge in [-0.3, -0.25) is 0 Å². The number of rotatable bonds is 18. The Kier molecular flexibility index (Phi) is 16.5. The zero-order chi connectivity index (χ0) is 18.8. The van der Waals surface area contributed by atoms with Gasteiger partial charge in [0.1, 0.15) is 0 Å². The van der Waals surface area contributed by atoms with Crippen molar-refractivity contribution in [3.63, 3.8) is 0 Å². The van der Waals surface area contributed by atoms with Gasteiger partial charge in [0.05, 0.1) is 12.9 Å². The number of allylic oxidation sites excluding steroid dienone is 1. The van der Waals surface area contributed by atoms with Crippen molar-refractivity contribution in [2.24, 2.45) is 5.92 Å². The number of unbranched alkanes of at least 4 members (excludes halogenated alkanes) is 5. The molecule has 0 saturated carbocycles. The fourth-order valence-electron chi connectivity index (χ4n) is 3.46. The van der Waals surface area contributed by atoms with Crippen LogP contribution in [0.3, 0.4) is 0 Å². The van der Waals surface area contributed by atoms with Crippen molar-refractivity contribution < 1.29 is 14.2 Å². The van der Waals surface area contributed by atoms with Crippen molar-refractivity contribution >= 4 is 0 Å². The van der Waals surface area contributed by atoms with E-state index in [4.69, 9.17) is 14.2 Å². The molecular formula is C22H44O3. The maximum absolute atomic E-state index is 6.16. The van der Waals surface area contributed by atoms with Gasteiger partial charge in [0.25, 0.3) is 0 Å². The van der Waals surface area contributed by atoms with Crippen molar-refractivity contribution in [1.29, 1.82) is 0 Å². The monoisotopic (exact) mass is 356 g/mol. The minimum atomic E-state index is -0.454. The molecule has 0 spiro atoms. The molecule has 0 fully saturated rings. The zero-order valence-electron chi connectivity index (χ0n) is 17.6. The van der Waals surface area contributed by atoms with Gasteiger partial charge in [-0.1, -0.05) is 65.4 Å². The summed E-state index contributed by atoms with van der Waals surface area (Å²) >= 11 is 0. The molecule has 0 aliphatic heterocycles. The summed E-state index contributed by atoms with van der Waals surface area (Å²) in [5, 5.41) is 0. The van der Waals surface area contributed by atoms with E-state index in [2.05, 4.69) is 40.7 Å². The highest BCUT2D eigenvalue weighted by Crippen LogP contribution is 2.34. The summed E-state index contributed by atoms with van der Waals surface area (Å²) in [6.45, 7) is 12.8. The SMILES string of the molecule is CCC=COCCC(CCCCCCCC)C(CC)(OCC)OCC. The van der Waals surface area contributed by atoms with Crippen LogP contribution in [0.25, 0.3) is 0 Å². The smallest absolute Gasteiger partial charge is 0.170 e. The van der Waals surface area contributed by atoms with Crippen LogP contribution in [-0.2, 0) is 14.2 Å². The first kappa shape index (κ1) is 24.5. The van der Waals surface area contributed by atoms with E-state index in [0.29, 0.717) is 19.1 Å². The van der Waals surface area contributed by atoms with Crippen LogP contribution in [0, 0.1) is 5.92 Å². The lowest BCUT2D eigenvalue weighted by Gasteiger charge is -2.39. The molecule has 0 saturated heterocycles. The Morgan fingerprint density at radius 1 is 0.800 bits per heavy atom. The van der Waals surface area contributed by atoms with Gasteiger partial charge >= 0.3 is 0 Å². The van der Waals surface area contributed by atoms with E-state index in [1.54, 1.807) is 0 Å². The highest BCUT2D eigenvalue weighted by molar-refractivity contribution is 4.80. The Morgan fingerprint density at radius 2 is 1.44 bits per heavy atom. The average Bonchev–Trinajstić information content (AvgIpc) is 2.62. The predicted molar refractivity (Wildman–Crippen MR) is 108 cm³/mol. The molecule has 0 amide bonds. The lowest BCUT2D eigenvalue weighted by molar-refractivity contribution is -0.268. The molecule has 0 aliphatic rings. The number of hydrogen-bond donors (Lipinski definition) is 0. The average molecular weight is 357 g/mol. The summed E-state index contributed by atoms with van der Waals surface area (Å²) in [7, 11) is 0. The molecule has 0 aromatic rings. The molecule has 0 heterocycles. The van der Waals surface area contributed by atoms with Crippen LogP contribution in [0.15, 0.2) is 12.3 Å². The fourth-order valence-corrected chi connectivity index (χ4v) is 3.46. The first-order valence-electron chi connectivity index (χ1n) is 10.7. The van der Waals surface area contributed by atoms with Crippen molar-refractivity contribution in [2.45, 2.75) is 105 Å². The molecule has 0 aromatic heterocycles. The second-order valence-corrected chi connectivity index (χ2v) is 6.72. The summed E-state index contributed by atoms with van der Waals surface area (Å²) in [4.78, 5) is 0. The molecule has 0 aliphatic carbocycles. The summed E-state index contributed by atoms with van der Waals surface area (Å²) in [6, 6.07) is 0. The molecule has 3 heteroatoms. The van der Waals surface area contributed by atoms with E-state index < -0.39 is 5.79 Å². The maximum Gasteiger partial charge on any atom is 0.170 e. The topological polar surface area (TPSA) is 27.7 Å². The van der Waals surface area contributed by atoms with Crippen LogP contribution in [0.5, 0.6) is 0 Å². The zero-order valence-corrected chi connectivity index (χ0v) is 17.6.